The number of sulfone groups is 1. The van der Waals surface area contributed by atoms with Crippen LogP contribution < -0.4 is 15.0 Å². The highest BCUT2D eigenvalue weighted by Crippen LogP contribution is 2.31. The topological polar surface area (TPSA) is 142 Å². The Kier molecular flexibility index (Phi) is 7.01. The molecule has 1 aromatic heterocycles. The van der Waals surface area contributed by atoms with Crippen molar-refractivity contribution in [2.45, 2.75) is 44.5 Å². The molecule has 5 heterocycles. The van der Waals surface area contributed by atoms with E-state index in [1.807, 2.05) is 23.1 Å². The lowest BCUT2D eigenvalue weighted by atomic mass is 10.0. The van der Waals surface area contributed by atoms with Gasteiger partial charge in [0.15, 0.2) is 9.84 Å². The molecule has 1 unspecified atom stereocenters. The van der Waals surface area contributed by atoms with Gasteiger partial charge >= 0.3 is 0 Å². The van der Waals surface area contributed by atoms with Crippen LogP contribution in [0.1, 0.15) is 40.7 Å². The molecule has 0 saturated carbocycles. The van der Waals surface area contributed by atoms with Crippen LogP contribution in [0.15, 0.2) is 42.6 Å². The van der Waals surface area contributed by atoms with E-state index in [0.29, 0.717) is 43.3 Å². The number of anilines is 1. The van der Waals surface area contributed by atoms with Crippen LogP contribution in [0.25, 0.3) is 10.9 Å². The molecule has 7 rings (SSSR count). The normalized spacial score (nSPS) is 24.0. The molecular weight excluding hydrogens is 572 g/mol. The molecule has 13 heteroatoms. The van der Waals surface area contributed by atoms with Crippen molar-refractivity contribution in [2.75, 3.05) is 42.6 Å². The smallest absolute Gasteiger partial charge is 0.255 e. The number of ether oxygens (including phenoxy) is 1. The lowest BCUT2D eigenvalue weighted by molar-refractivity contribution is -0.136. The summed E-state index contributed by atoms with van der Waals surface area (Å²) >= 11 is 0. The number of hydrogen-bond acceptors (Lipinski definition) is 10. The molecule has 0 aliphatic carbocycles. The maximum Gasteiger partial charge on any atom is 0.255 e. The van der Waals surface area contributed by atoms with Crippen LogP contribution in [0.5, 0.6) is 5.75 Å². The lowest BCUT2D eigenvalue weighted by Crippen LogP contribution is -2.52. The van der Waals surface area contributed by atoms with Crippen LogP contribution in [-0.2, 0) is 32.5 Å². The van der Waals surface area contributed by atoms with Gasteiger partial charge < -0.3 is 14.5 Å². The molecule has 4 aliphatic heterocycles. The number of carbonyl (C=O) groups is 3. The van der Waals surface area contributed by atoms with E-state index in [2.05, 4.69) is 32.3 Å². The van der Waals surface area contributed by atoms with Crippen molar-refractivity contribution in [1.29, 1.82) is 0 Å². The summed E-state index contributed by atoms with van der Waals surface area (Å²) < 4.78 is 29.8. The van der Waals surface area contributed by atoms with Crippen LogP contribution in [0.4, 0.5) is 5.95 Å². The van der Waals surface area contributed by atoms with Crippen molar-refractivity contribution in [3.63, 3.8) is 0 Å². The molecule has 3 fully saturated rings. The Morgan fingerprint density at radius 1 is 1.00 bits per heavy atom. The molecule has 12 nitrogen and oxygen atoms in total. The number of nitrogens with one attached hydrogen (secondary N) is 1. The molecule has 3 saturated heterocycles. The Hall–Kier alpha value is -4.10. The van der Waals surface area contributed by atoms with Crippen LogP contribution in [-0.4, -0.2) is 95.7 Å². The number of carbonyl (C=O) groups excluding carboxylic acids is 3. The predicted octanol–water partition coefficient (Wildman–Crippen LogP) is 1.28. The first kappa shape index (κ1) is 27.7. The minimum Gasteiger partial charge on any atom is -0.489 e. The van der Waals surface area contributed by atoms with E-state index in [1.165, 1.54) is 0 Å². The summed E-state index contributed by atoms with van der Waals surface area (Å²) in [6.45, 7) is 3.57. The SMILES string of the molecule is O=C1CCC(N2Cc3cc(O[C@H]4CCN(Cc5ccc6nc(N7CCS(=O)(=O)CC7)ncc6c5)C4)ccc3C2=O)C(=O)N1. The molecule has 2 aromatic carbocycles. The Morgan fingerprint density at radius 2 is 1.84 bits per heavy atom. The van der Waals surface area contributed by atoms with E-state index in [4.69, 9.17) is 4.74 Å². The molecule has 3 amide bonds. The zero-order chi connectivity index (χ0) is 29.7. The molecule has 224 valence electrons. The predicted molar refractivity (Wildman–Crippen MR) is 157 cm³/mol. The summed E-state index contributed by atoms with van der Waals surface area (Å²) in [7, 11) is -2.96. The fraction of sp³-hybridized carbons (Fsp3) is 0.433. The Morgan fingerprint density at radius 3 is 2.65 bits per heavy atom. The minimum absolute atomic E-state index is 0.0149. The van der Waals surface area contributed by atoms with E-state index in [1.54, 1.807) is 17.2 Å². The van der Waals surface area contributed by atoms with Gasteiger partial charge in [-0.2, -0.15) is 0 Å². The van der Waals surface area contributed by atoms with E-state index in [0.717, 1.165) is 48.1 Å². The third-order valence-electron chi connectivity index (χ3n) is 8.69. The van der Waals surface area contributed by atoms with Gasteiger partial charge in [0.1, 0.15) is 17.9 Å². The highest BCUT2D eigenvalue weighted by atomic mass is 32.2. The number of imide groups is 1. The van der Waals surface area contributed by atoms with Gasteiger partial charge in [0, 0.05) is 62.8 Å². The van der Waals surface area contributed by atoms with Crippen LogP contribution in [0, 0.1) is 0 Å². The van der Waals surface area contributed by atoms with E-state index >= 15 is 0 Å². The standard InChI is InChI=1S/C30H32N6O6S/c37-27-6-5-26(28(38)33-27)36-17-21-14-22(2-3-24(21)29(36)39)42-23-7-8-34(18-23)16-19-1-4-25-20(13-19)15-31-30(32-25)35-9-11-43(40,41)12-10-35/h1-4,13-15,23,26H,5-12,16-18H2,(H,33,37,38)/t23-,26?/m0/s1. The summed E-state index contributed by atoms with van der Waals surface area (Å²) in [5, 5.41) is 3.28. The Balaban J connectivity index is 0.953. The first-order chi connectivity index (χ1) is 20.7. The second-order valence-electron chi connectivity index (χ2n) is 11.7. The zero-order valence-electron chi connectivity index (χ0n) is 23.6. The summed E-state index contributed by atoms with van der Waals surface area (Å²) in [6.07, 6.45) is 3.26. The van der Waals surface area contributed by atoms with Crippen LogP contribution in [0.3, 0.4) is 0 Å². The second-order valence-corrected chi connectivity index (χ2v) is 14.0. The number of likely N-dealkylation sites (tertiary alicyclic amines) is 1. The number of hydrogen-bond donors (Lipinski definition) is 1. The summed E-state index contributed by atoms with van der Waals surface area (Å²) in [5.41, 5.74) is 3.38. The molecule has 2 atom stereocenters. The Labute approximate surface area is 248 Å². The second kappa shape index (κ2) is 10.9. The molecule has 0 spiro atoms. The van der Waals surface area contributed by atoms with Crippen molar-refractivity contribution in [1.82, 2.24) is 25.1 Å². The summed E-state index contributed by atoms with van der Waals surface area (Å²) in [5.74, 6) is 0.614. The lowest BCUT2D eigenvalue weighted by Gasteiger charge is -2.29. The van der Waals surface area contributed by atoms with E-state index < -0.39 is 21.8 Å². The minimum atomic E-state index is -2.96. The van der Waals surface area contributed by atoms with Gasteiger partial charge in [0.05, 0.1) is 17.0 Å². The Bertz CT molecular complexity index is 1730. The van der Waals surface area contributed by atoms with Crippen molar-refractivity contribution in [3.05, 3.63) is 59.3 Å². The fourth-order valence-electron chi connectivity index (χ4n) is 6.35. The zero-order valence-corrected chi connectivity index (χ0v) is 24.4. The summed E-state index contributed by atoms with van der Waals surface area (Å²) in [4.78, 5) is 51.8. The highest BCUT2D eigenvalue weighted by molar-refractivity contribution is 7.91. The molecule has 0 bridgehead atoms. The number of fused-ring (bicyclic) bond motifs is 2. The number of nitrogens with zero attached hydrogens (tertiary/aromatic N) is 5. The van der Waals surface area contributed by atoms with Crippen molar-refractivity contribution in [3.8, 4) is 5.75 Å². The van der Waals surface area contributed by atoms with E-state index in [-0.39, 0.29) is 35.8 Å². The number of amides is 3. The summed E-state index contributed by atoms with van der Waals surface area (Å²) in [6, 6.07) is 11.0. The van der Waals surface area contributed by atoms with Gasteiger partial charge in [-0.25, -0.2) is 18.4 Å². The first-order valence-corrected chi connectivity index (χ1v) is 16.4. The van der Waals surface area contributed by atoms with Gasteiger partial charge in [-0.15, -0.1) is 0 Å². The van der Waals surface area contributed by atoms with Gasteiger partial charge in [0.2, 0.25) is 17.8 Å². The van der Waals surface area contributed by atoms with Gasteiger partial charge in [0.25, 0.3) is 5.91 Å². The first-order valence-electron chi connectivity index (χ1n) is 14.6. The van der Waals surface area contributed by atoms with Crippen molar-refractivity contribution in [2.24, 2.45) is 0 Å². The average Bonchev–Trinajstić information content (AvgIpc) is 3.55. The number of aromatic nitrogens is 2. The van der Waals surface area contributed by atoms with Gasteiger partial charge in [-0.1, -0.05) is 6.07 Å². The fourth-order valence-corrected chi connectivity index (χ4v) is 7.55. The molecular formula is C30H32N6O6S. The molecule has 43 heavy (non-hydrogen) atoms. The monoisotopic (exact) mass is 604 g/mol. The van der Waals surface area contributed by atoms with Gasteiger partial charge in [-0.3, -0.25) is 24.6 Å². The number of benzene rings is 2. The molecule has 0 radical (unpaired) electrons. The van der Waals surface area contributed by atoms with E-state index in [9.17, 15) is 22.8 Å². The van der Waals surface area contributed by atoms with Gasteiger partial charge in [-0.05, 0) is 54.3 Å². The molecule has 4 aliphatic rings. The van der Waals surface area contributed by atoms with Crippen LogP contribution in [0.2, 0.25) is 0 Å². The average molecular weight is 605 g/mol. The van der Waals surface area contributed by atoms with Crippen molar-refractivity contribution < 1.29 is 27.5 Å². The maximum absolute atomic E-state index is 13.0. The van der Waals surface area contributed by atoms with Crippen LogP contribution >= 0.6 is 0 Å². The quantitative estimate of drug-likeness (QED) is 0.409. The highest BCUT2D eigenvalue weighted by Gasteiger charge is 2.39. The molecule has 3 aromatic rings. The third kappa shape index (κ3) is 5.66. The number of rotatable bonds is 6. The number of piperidine rings is 1. The third-order valence-corrected chi connectivity index (χ3v) is 10.3. The maximum atomic E-state index is 13.0. The largest absolute Gasteiger partial charge is 0.489 e. The molecule has 1 N–H and O–H groups in total. The van der Waals surface area contributed by atoms with Crippen molar-refractivity contribution >= 4 is 44.4 Å².